The molecule has 1 atom stereocenters. The molecule has 14 heavy (non-hydrogen) atoms. The second-order valence-electron chi connectivity index (χ2n) is 2.97. The van der Waals surface area contributed by atoms with Gasteiger partial charge in [0.05, 0.1) is 0 Å². The zero-order valence-electron chi connectivity index (χ0n) is 7.37. The fourth-order valence-electron chi connectivity index (χ4n) is 1.40. The van der Waals surface area contributed by atoms with Crippen molar-refractivity contribution in [2.75, 3.05) is 11.6 Å². The molecule has 0 saturated carbocycles. The lowest BCUT2D eigenvalue weighted by molar-refractivity contribution is -0.123. The molecule has 0 bridgehead atoms. The molecule has 1 heterocycles. The van der Waals surface area contributed by atoms with E-state index < -0.39 is 17.8 Å². The summed E-state index contributed by atoms with van der Waals surface area (Å²) in [5.41, 5.74) is 0.804. The topological polar surface area (TPSA) is 49.3 Å². The van der Waals surface area contributed by atoms with Gasteiger partial charge in [0.2, 0.25) is 0 Å². The van der Waals surface area contributed by atoms with Gasteiger partial charge in [0.25, 0.3) is 5.91 Å². The Hall–Kier alpha value is -1.07. The average molecular weight is 213 g/mol. The van der Waals surface area contributed by atoms with Crippen molar-refractivity contribution in [3.8, 4) is 0 Å². The summed E-state index contributed by atoms with van der Waals surface area (Å²) < 4.78 is 13.3. The van der Waals surface area contributed by atoms with E-state index in [1.54, 1.807) is 6.26 Å². The molecule has 1 aromatic carbocycles. The highest BCUT2D eigenvalue weighted by Gasteiger charge is 2.29. The van der Waals surface area contributed by atoms with E-state index in [2.05, 4.69) is 5.32 Å². The number of fused-ring (bicyclic) bond motifs is 1. The Bertz CT molecular complexity index is 408. The summed E-state index contributed by atoms with van der Waals surface area (Å²) in [6.45, 7) is 0. The van der Waals surface area contributed by atoms with Gasteiger partial charge in [-0.15, -0.1) is 11.8 Å². The highest BCUT2D eigenvalue weighted by atomic mass is 32.2. The minimum atomic E-state index is -1.24. The number of nitrogens with one attached hydrogen (secondary N) is 1. The number of carbonyl (C=O) groups excluding carboxylic acids is 1. The summed E-state index contributed by atoms with van der Waals surface area (Å²) in [5, 5.41) is 11.8. The van der Waals surface area contributed by atoms with Crippen LogP contribution in [0, 0.1) is 5.82 Å². The van der Waals surface area contributed by atoms with Gasteiger partial charge >= 0.3 is 0 Å². The Morgan fingerprint density at radius 3 is 2.93 bits per heavy atom. The van der Waals surface area contributed by atoms with E-state index in [4.69, 9.17) is 0 Å². The SMILES string of the molecule is CSc1cc2c(cc1F)C(O)C(=O)N2. The first-order chi connectivity index (χ1) is 6.63. The lowest BCUT2D eigenvalue weighted by atomic mass is 10.1. The van der Waals surface area contributed by atoms with Crippen molar-refractivity contribution in [3.05, 3.63) is 23.5 Å². The quantitative estimate of drug-likeness (QED) is 0.695. The number of benzene rings is 1. The third-order valence-corrected chi connectivity index (χ3v) is 2.88. The van der Waals surface area contributed by atoms with E-state index in [-0.39, 0.29) is 0 Å². The van der Waals surface area contributed by atoms with Crippen molar-refractivity contribution in [3.63, 3.8) is 0 Å². The first-order valence-corrected chi connectivity index (χ1v) is 5.22. The molecule has 1 aliphatic rings. The summed E-state index contributed by atoms with van der Waals surface area (Å²) in [6.07, 6.45) is 0.508. The van der Waals surface area contributed by atoms with E-state index >= 15 is 0 Å². The molecule has 0 radical (unpaired) electrons. The molecule has 74 valence electrons. The van der Waals surface area contributed by atoms with Crippen LogP contribution in [0.5, 0.6) is 0 Å². The molecule has 0 saturated heterocycles. The first-order valence-electron chi connectivity index (χ1n) is 4.00. The van der Waals surface area contributed by atoms with Crippen LogP contribution in [0.25, 0.3) is 0 Å². The smallest absolute Gasteiger partial charge is 0.257 e. The Morgan fingerprint density at radius 1 is 1.57 bits per heavy atom. The second kappa shape index (κ2) is 3.25. The zero-order chi connectivity index (χ0) is 10.3. The highest BCUT2D eigenvalue weighted by molar-refractivity contribution is 7.98. The van der Waals surface area contributed by atoms with Gasteiger partial charge in [0, 0.05) is 16.1 Å². The molecule has 2 N–H and O–H groups in total. The van der Waals surface area contributed by atoms with Crippen molar-refractivity contribution >= 4 is 23.4 Å². The number of aliphatic hydroxyl groups is 1. The van der Waals surface area contributed by atoms with E-state index in [1.807, 2.05) is 0 Å². The molecular weight excluding hydrogens is 205 g/mol. The number of carbonyl (C=O) groups is 1. The number of hydrogen-bond acceptors (Lipinski definition) is 3. The zero-order valence-corrected chi connectivity index (χ0v) is 8.19. The van der Waals surface area contributed by atoms with Crippen LogP contribution < -0.4 is 5.32 Å². The monoisotopic (exact) mass is 213 g/mol. The van der Waals surface area contributed by atoms with Crippen molar-refractivity contribution in [1.82, 2.24) is 0 Å². The first kappa shape index (κ1) is 9.48. The van der Waals surface area contributed by atoms with Crippen molar-refractivity contribution in [2.45, 2.75) is 11.0 Å². The van der Waals surface area contributed by atoms with E-state index in [1.165, 1.54) is 23.9 Å². The van der Waals surface area contributed by atoms with Crippen LogP contribution in [0.4, 0.5) is 10.1 Å². The molecule has 0 spiro atoms. The van der Waals surface area contributed by atoms with Gasteiger partial charge in [0.1, 0.15) is 5.82 Å². The van der Waals surface area contributed by atoms with Gasteiger partial charge in [0.15, 0.2) is 6.10 Å². The second-order valence-corrected chi connectivity index (χ2v) is 3.81. The number of anilines is 1. The maximum Gasteiger partial charge on any atom is 0.257 e. The van der Waals surface area contributed by atoms with Crippen molar-refractivity contribution < 1.29 is 14.3 Å². The Morgan fingerprint density at radius 2 is 2.29 bits per heavy atom. The van der Waals surface area contributed by atoms with Crippen LogP contribution in [-0.4, -0.2) is 17.3 Å². The normalized spacial score (nSPS) is 19.4. The van der Waals surface area contributed by atoms with Gasteiger partial charge < -0.3 is 10.4 Å². The van der Waals surface area contributed by atoms with E-state index in [0.717, 1.165) is 0 Å². The van der Waals surface area contributed by atoms with Crippen molar-refractivity contribution in [1.29, 1.82) is 0 Å². The number of thioether (sulfide) groups is 1. The standard InChI is InChI=1S/C9H8FNO2S/c1-14-7-3-6-4(2-5(7)10)8(12)9(13)11-6/h2-3,8,12H,1H3,(H,11,13). The van der Waals surface area contributed by atoms with Gasteiger partial charge in [-0.2, -0.15) is 0 Å². The number of hydrogen-bond donors (Lipinski definition) is 2. The number of rotatable bonds is 1. The molecule has 2 rings (SSSR count). The lowest BCUT2D eigenvalue weighted by Gasteiger charge is -2.04. The van der Waals surface area contributed by atoms with E-state index in [0.29, 0.717) is 16.1 Å². The Balaban J connectivity index is 2.54. The Labute approximate surface area is 84.3 Å². The molecule has 1 aromatic rings. The van der Waals surface area contributed by atoms with Crippen LogP contribution in [0.1, 0.15) is 11.7 Å². The fourth-order valence-corrected chi connectivity index (χ4v) is 1.89. The minimum absolute atomic E-state index is 0.310. The van der Waals surface area contributed by atoms with Crippen LogP contribution in [-0.2, 0) is 4.79 Å². The summed E-state index contributed by atoms with van der Waals surface area (Å²) in [6, 6.07) is 2.73. The predicted octanol–water partition coefficient (Wildman–Crippen LogP) is 1.53. The third-order valence-electron chi connectivity index (χ3n) is 2.12. The molecule has 0 aromatic heterocycles. The molecule has 5 heteroatoms. The third kappa shape index (κ3) is 1.29. The molecule has 1 unspecified atom stereocenters. The Kier molecular flexibility index (Phi) is 2.20. The fraction of sp³-hybridized carbons (Fsp3) is 0.222. The molecule has 1 aliphatic heterocycles. The summed E-state index contributed by atoms with van der Waals surface area (Å²) in [5.74, 6) is -0.913. The van der Waals surface area contributed by atoms with E-state index in [9.17, 15) is 14.3 Å². The van der Waals surface area contributed by atoms with Gasteiger partial charge in [-0.05, 0) is 18.4 Å². The van der Waals surface area contributed by atoms with Crippen LogP contribution in [0.3, 0.4) is 0 Å². The number of amides is 1. The van der Waals surface area contributed by atoms with Crippen LogP contribution in [0.15, 0.2) is 17.0 Å². The summed E-state index contributed by atoms with van der Waals surface area (Å²) >= 11 is 1.26. The van der Waals surface area contributed by atoms with Gasteiger partial charge in [-0.3, -0.25) is 4.79 Å². The molecule has 3 nitrogen and oxygen atoms in total. The lowest BCUT2D eigenvalue weighted by Crippen LogP contribution is -2.10. The maximum atomic E-state index is 13.3. The minimum Gasteiger partial charge on any atom is -0.378 e. The largest absolute Gasteiger partial charge is 0.378 e. The van der Waals surface area contributed by atoms with Crippen molar-refractivity contribution in [2.24, 2.45) is 0 Å². The number of halogens is 1. The van der Waals surface area contributed by atoms with Crippen LogP contribution >= 0.6 is 11.8 Å². The van der Waals surface area contributed by atoms with Crippen LogP contribution in [0.2, 0.25) is 0 Å². The number of aliphatic hydroxyl groups excluding tert-OH is 1. The van der Waals surface area contributed by atoms with Gasteiger partial charge in [-0.25, -0.2) is 4.39 Å². The molecule has 1 amide bonds. The molecule has 0 aliphatic carbocycles. The summed E-state index contributed by atoms with van der Waals surface area (Å²) in [4.78, 5) is 11.5. The summed E-state index contributed by atoms with van der Waals surface area (Å²) in [7, 11) is 0. The van der Waals surface area contributed by atoms with Gasteiger partial charge in [-0.1, -0.05) is 0 Å². The average Bonchev–Trinajstić information content (AvgIpc) is 2.43. The predicted molar refractivity (Wildman–Crippen MR) is 51.8 cm³/mol. The highest BCUT2D eigenvalue weighted by Crippen LogP contribution is 2.35. The molecular formula is C9H8FNO2S. The molecule has 0 fully saturated rings. The maximum absolute atomic E-state index is 13.3.